The summed E-state index contributed by atoms with van der Waals surface area (Å²) in [4.78, 5) is 0. The van der Waals surface area contributed by atoms with Crippen LogP contribution in [0, 0.1) is 5.92 Å². The van der Waals surface area contributed by atoms with E-state index in [-0.39, 0.29) is 24.9 Å². The first-order valence-electron chi connectivity index (χ1n) is 11.8. The van der Waals surface area contributed by atoms with Crippen molar-refractivity contribution in [2.24, 2.45) is 5.92 Å². The highest BCUT2D eigenvalue weighted by atomic mass is 16.7. The minimum absolute atomic E-state index is 0.00354. The van der Waals surface area contributed by atoms with Gasteiger partial charge in [0.05, 0.1) is 21.3 Å². The van der Waals surface area contributed by atoms with Gasteiger partial charge in [-0.1, -0.05) is 37.3 Å². The lowest BCUT2D eigenvalue weighted by atomic mass is 9.78. The summed E-state index contributed by atoms with van der Waals surface area (Å²) in [5.41, 5.74) is 3.37. The fraction of sp³-hybridized carbons (Fsp3) is 0.357. The molecule has 2 aliphatic rings. The normalized spacial score (nSPS) is 20.1. The smallest absolute Gasteiger partial charge is 0.231 e. The van der Waals surface area contributed by atoms with E-state index in [1.807, 2.05) is 30.3 Å². The topological polar surface area (TPSA) is 67.4 Å². The first kappa shape index (κ1) is 23.2. The van der Waals surface area contributed by atoms with Gasteiger partial charge in [0, 0.05) is 30.0 Å². The zero-order valence-electron chi connectivity index (χ0n) is 20.5. The van der Waals surface area contributed by atoms with Crippen molar-refractivity contribution in [1.29, 1.82) is 0 Å². The van der Waals surface area contributed by atoms with Crippen LogP contribution >= 0.6 is 0 Å². The maximum absolute atomic E-state index is 6.48. The van der Waals surface area contributed by atoms with E-state index in [9.17, 15) is 0 Å². The molecule has 0 unspecified atom stereocenters. The monoisotopic (exact) mass is 477 g/mol. The van der Waals surface area contributed by atoms with E-state index in [2.05, 4.69) is 36.5 Å². The van der Waals surface area contributed by atoms with Crippen LogP contribution in [0.25, 0.3) is 0 Å². The molecular weight excluding hydrogens is 446 g/mol. The van der Waals surface area contributed by atoms with Gasteiger partial charge >= 0.3 is 0 Å². The molecule has 0 aromatic heterocycles. The van der Waals surface area contributed by atoms with Gasteiger partial charge in [-0.05, 0) is 35.7 Å². The van der Waals surface area contributed by atoms with E-state index in [0.717, 1.165) is 35.6 Å². The van der Waals surface area contributed by atoms with Crippen molar-refractivity contribution in [1.82, 2.24) is 5.32 Å². The molecule has 0 bridgehead atoms. The third-order valence-electron chi connectivity index (χ3n) is 6.75. The molecule has 0 spiro atoms. The predicted molar refractivity (Wildman–Crippen MR) is 132 cm³/mol. The van der Waals surface area contributed by atoms with Crippen LogP contribution in [0.5, 0.6) is 34.5 Å². The van der Waals surface area contributed by atoms with Crippen LogP contribution in [0.15, 0.2) is 54.6 Å². The third-order valence-corrected chi connectivity index (χ3v) is 6.75. The van der Waals surface area contributed by atoms with Gasteiger partial charge in [-0.2, -0.15) is 0 Å². The Hall–Kier alpha value is -3.58. The van der Waals surface area contributed by atoms with Crippen LogP contribution in [-0.2, 0) is 6.42 Å². The maximum atomic E-state index is 6.48. The second kappa shape index (κ2) is 9.96. The number of hydrogen-bond acceptors (Lipinski definition) is 7. The maximum Gasteiger partial charge on any atom is 0.231 e. The van der Waals surface area contributed by atoms with Gasteiger partial charge in [0.2, 0.25) is 12.5 Å². The molecule has 5 rings (SSSR count). The lowest BCUT2D eigenvalue weighted by Gasteiger charge is -2.39. The highest BCUT2D eigenvalue weighted by Gasteiger charge is 2.38. The molecule has 7 nitrogen and oxygen atoms in total. The Morgan fingerprint density at radius 3 is 2.20 bits per heavy atom. The molecule has 0 radical (unpaired) electrons. The Kier molecular flexibility index (Phi) is 6.59. The third kappa shape index (κ3) is 4.44. The van der Waals surface area contributed by atoms with Crippen LogP contribution in [-0.4, -0.2) is 40.9 Å². The molecule has 7 heteroatoms. The van der Waals surface area contributed by atoms with E-state index < -0.39 is 0 Å². The van der Waals surface area contributed by atoms with Crippen LogP contribution in [0.4, 0.5) is 0 Å². The summed E-state index contributed by atoms with van der Waals surface area (Å²) in [5, 5.41) is 3.63. The Bertz CT molecular complexity index is 1160. The summed E-state index contributed by atoms with van der Waals surface area (Å²) in [7, 11) is 4.88. The lowest BCUT2D eigenvalue weighted by Crippen LogP contribution is -2.46. The summed E-state index contributed by atoms with van der Waals surface area (Å²) in [6.07, 6.45) is 0.715. The molecule has 35 heavy (non-hydrogen) atoms. The van der Waals surface area contributed by atoms with Crippen LogP contribution < -0.4 is 33.7 Å². The molecule has 3 aromatic rings. The minimum Gasteiger partial charge on any atom is -0.493 e. The fourth-order valence-corrected chi connectivity index (χ4v) is 4.98. The average Bonchev–Trinajstić information content (AvgIpc) is 3.35. The van der Waals surface area contributed by atoms with E-state index >= 15 is 0 Å². The van der Waals surface area contributed by atoms with Gasteiger partial charge in [0.1, 0.15) is 5.75 Å². The molecule has 2 aliphatic heterocycles. The molecule has 1 N–H and O–H groups in total. The molecule has 184 valence electrons. The molecule has 2 heterocycles. The first-order valence-corrected chi connectivity index (χ1v) is 11.8. The van der Waals surface area contributed by atoms with Crippen LogP contribution in [0.1, 0.15) is 29.5 Å². The number of nitrogens with one attached hydrogen (secondary N) is 1. The number of rotatable bonds is 8. The molecule has 0 aliphatic carbocycles. The van der Waals surface area contributed by atoms with Crippen molar-refractivity contribution in [2.45, 2.75) is 25.5 Å². The quantitative estimate of drug-likeness (QED) is 0.502. The summed E-state index contributed by atoms with van der Waals surface area (Å²) in [5.74, 6) is 4.12. The molecular formula is C28H31NO6. The average molecular weight is 478 g/mol. The lowest BCUT2D eigenvalue weighted by molar-refractivity contribution is 0.0797. The highest BCUT2D eigenvalue weighted by Crippen LogP contribution is 2.51. The van der Waals surface area contributed by atoms with Crippen molar-refractivity contribution in [3.63, 3.8) is 0 Å². The minimum atomic E-state index is -0.198. The second-order valence-corrected chi connectivity index (χ2v) is 8.77. The first-order chi connectivity index (χ1) is 17.1. The zero-order chi connectivity index (χ0) is 24.4. The van der Waals surface area contributed by atoms with Crippen LogP contribution in [0.3, 0.4) is 0 Å². The Morgan fingerprint density at radius 1 is 0.857 bits per heavy atom. The fourth-order valence-electron chi connectivity index (χ4n) is 4.98. The van der Waals surface area contributed by atoms with Crippen molar-refractivity contribution in [3.8, 4) is 34.5 Å². The number of hydrogen-bond donors (Lipinski definition) is 1. The Balaban J connectivity index is 1.51. The van der Waals surface area contributed by atoms with Gasteiger partial charge in [-0.25, -0.2) is 0 Å². The summed E-state index contributed by atoms with van der Waals surface area (Å²) in [6.45, 7) is 3.20. The molecule has 0 saturated carbocycles. The Morgan fingerprint density at radius 2 is 1.54 bits per heavy atom. The molecule has 3 aromatic carbocycles. The molecule has 0 amide bonds. The summed E-state index contributed by atoms with van der Waals surface area (Å²) in [6, 6.07) is 18.4. The summed E-state index contributed by atoms with van der Waals surface area (Å²) < 4.78 is 34.7. The van der Waals surface area contributed by atoms with Gasteiger partial charge in [0.15, 0.2) is 29.2 Å². The van der Waals surface area contributed by atoms with Gasteiger partial charge in [-0.15, -0.1) is 0 Å². The summed E-state index contributed by atoms with van der Waals surface area (Å²) >= 11 is 0. The number of benzene rings is 3. The van der Waals surface area contributed by atoms with E-state index in [0.29, 0.717) is 23.0 Å². The van der Waals surface area contributed by atoms with Crippen molar-refractivity contribution in [2.75, 3.05) is 34.7 Å². The molecule has 0 fully saturated rings. The van der Waals surface area contributed by atoms with Gasteiger partial charge < -0.3 is 28.4 Å². The molecule has 3 atom stereocenters. The second-order valence-electron chi connectivity index (χ2n) is 8.77. The SMILES string of the molecule is COc1cc([C@@H]2c3cc4c(cc3O[C@H](NCCc3ccccc3)[C@H]2C)OCO4)cc(OC)c1OC. The van der Waals surface area contributed by atoms with Crippen LogP contribution in [0.2, 0.25) is 0 Å². The largest absolute Gasteiger partial charge is 0.493 e. The number of fused-ring (bicyclic) bond motifs is 2. The number of methoxy groups -OCH3 is 3. The van der Waals surface area contributed by atoms with E-state index in [4.69, 9.17) is 28.4 Å². The molecule has 0 saturated heterocycles. The highest BCUT2D eigenvalue weighted by molar-refractivity contribution is 5.60. The van der Waals surface area contributed by atoms with Crippen molar-refractivity contribution in [3.05, 3.63) is 71.3 Å². The Labute approximate surface area is 205 Å². The van der Waals surface area contributed by atoms with Crippen molar-refractivity contribution >= 4 is 0 Å². The predicted octanol–water partition coefficient (Wildman–Crippen LogP) is 4.76. The van der Waals surface area contributed by atoms with Crippen molar-refractivity contribution < 1.29 is 28.4 Å². The van der Waals surface area contributed by atoms with E-state index in [1.54, 1.807) is 21.3 Å². The van der Waals surface area contributed by atoms with Gasteiger partial charge in [0.25, 0.3) is 0 Å². The number of ether oxygens (including phenoxy) is 6. The van der Waals surface area contributed by atoms with E-state index in [1.165, 1.54) is 5.56 Å². The zero-order valence-corrected chi connectivity index (χ0v) is 20.5. The standard InChI is InChI=1S/C28H31NO6/c1-17-26(19-12-24(30-2)27(32-4)25(13-19)31-3)20-14-22-23(34-16-33-22)15-21(20)35-28(17)29-11-10-18-8-6-5-7-9-18/h5-9,12-15,17,26,28-29H,10-11,16H2,1-4H3/t17-,26+,28-/m0/s1. The van der Waals surface area contributed by atoms with Gasteiger partial charge in [-0.3, -0.25) is 5.32 Å².